The SMILES string of the molecule is CCCNC(Cc1cc(Cl)ccc1Cl)c1ccc(Cl)s1. The summed E-state index contributed by atoms with van der Waals surface area (Å²) in [4.78, 5) is 1.22. The van der Waals surface area contributed by atoms with Crippen LogP contribution < -0.4 is 5.32 Å². The molecule has 1 heterocycles. The van der Waals surface area contributed by atoms with Crippen LogP contribution in [0.5, 0.6) is 0 Å². The molecule has 1 aromatic carbocycles. The topological polar surface area (TPSA) is 12.0 Å². The molecule has 0 amide bonds. The lowest BCUT2D eigenvalue weighted by molar-refractivity contribution is 0.536. The Kier molecular flexibility index (Phi) is 6.19. The minimum absolute atomic E-state index is 0.211. The van der Waals surface area contributed by atoms with Crippen LogP contribution in [0.1, 0.15) is 29.8 Å². The minimum atomic E-state index is 0.211. The summed E-state index contributed by atoms with van der Waals surface area (Å²) in [5.74, 6) is 0. The van der Waals surface area contributed by atoms with Crippen molar-refractivity contribution in [3.63, 3.8) is 0 Å². The van der Waals surface area contributed by atoms with Crippen molar-refractivity contribution >= 4 is 46.1 Å². The van der Waals surface area contributed by atoms with E-state index in [1.807, 2.05) is 24.3 Å². The van der Waals surface area contributed by atoms with Gasteiger partial charge >= 0.3 is 0 Å². The fourth-order valence-electron chi connectivity index (χ4n) is 2.03. The molecule has 2 rings (SSSR count). The highest BCUT2D eigenvalue weighted by Crippen LogP contribution is 2.31. The molecule has 0 fully saturated rings. The van der Waals surface area contributed by atoms with E-state index in [2.05, 4.69) is 18.3 Å². The van der Waals surface area contributed by atoms with Gasteiger partial charge in [0.2, 0.25) is 0 Å². The molecule has 0 saturated heterocycles. The predicted octanol–water partition coefficient (Wildman–Crippen LogP) is 5.99. The smallest absolute Gasteiger partial charge is 0.0931 e. The molecule has 20 heavy (non-hydrogen) atoms. The van der Waals surface area contributed by atoms with Gasteiger partial charge in [-0.05, 0) is 55.3 Å². The van der Waals surface area contributed by atoms with Gasteiger partial charge in [0.15, 0.2) is 0 Å². The Morgan fingerprint density at radius 1 is 1.15 bits per heavy atom. The van der Waals surface area contributed by atoms with E-state index in [9.17, 15) is 0 Å². The monoisotopic (exact) mass is 347 g/mol. The van der Waals surface area contributed by atoms with E-state index < -0.39 is 0 Å². The van der Waals surface area contributed by atoms with Gasteiger partial charge in [0.1, 0.15) is 0 Å². The number of rotatable bonds is 6. The van der Waals surface area contributed by atoms with Crippen LogP contribution in [0.3, 0.4) is 0 Å². The number of hydrogen-bond acceptors (Lipinski definition) is 2. The van der Waals surface area contributed by atoms with Crippen molar-refractivity contribution in [3.8, 4) is 0 Å². The third kappa shape index (κ3) is 4.37. The fourth-order valence-corrected chi connectivity index (χ4v) is 3.55. The molecule has 0 aliphatic carbocycles. The summed E-state index contributed by atoms with van der Waals surface area (Å²) >= 11 is 20.0. The third-order valence-corrected chi connectivity index (χ3v) is 4.96. The first kappa shape index (κ1) is 16.1. The van der Waals surface area contributed by atoms with Gasteiger partial charge < -0.3 is 5.32 Å². The molecule has 0 bridgehead atoms. The van der Waals surface area contributed by atoms with Gasteiger partial charge in [-0.15, -0.1) is 11.3 Å². The zero-order valence-corrected chi connectivity index (χ0v) is 14.2. The second-order valence-corrected chi connectivity index (χ2v) is 7.18. The Balaban J connectivity index is 2.21. The van der Waals surface area contributed by atoms with Gasteiger partial charge in [-0.1, -0.05) is 41.7 Å². The molecule has 0 radical (unpaired) electrons. The van der Waals surface area contributed by atoms with Gasteiger partial charge in [0, 0.05) is 21.0 Å². The highest BCUT2D eigenvalue weighted by atomic mass is 35.5. The van der Waals surface area contributed by atoms with Gasteiger partial charge in [0.05, 0.1) is 4.34 Å². The van der Waals surface area contributed by atoms with Crippen LogP contribution in [0.25, 0.3) is 0 Å². The molecule has 0 aliphatic heterocycles. The maximum Gasteiger partial charge on any atom is 0.0931 e. The molecule has 1 nitrogen and oxygen atoms in total. The average Bonchev–Trinajstić information content (AvgIpc) is 2.85. The lowest BCUT2D eigenvalue weighted by atomic mass is 10.0. The Bertz CT molecular complexity index is 568. The second-order valence-electron chi connectivity index (χ2n) is 4.59. The van der Waals surface area contributed by atoms with Crippen LogP contribution in [-0.4, -0.2) is 6.54 Å². The van der Waals surface area contributed by atoms with Crippen LogP contribution in [0.4, 0.5) is 0 Å². The quantitative estimate of drug-likeness (QED) is 0.676. The first-order valence-electron chi connectivity index (χ1n) is 6.52. The molecule has 5 heteroatoms. The van der Waals surface area contributed by atoms with Crippen molar-refractivity contribution in [2.24, 2.45) is 0 Å². The van der Waals surface area contributed by atoms with Crippen molar-refractivity contribution in [2.75, 3.05) is 6.54 Å². The zero-order valence-electron chi connectivity index (χ0n) is 11.1. The standard InChI is InChI=1S/C15H16Cl3NS/c1-2-7-19-13(14-5-6-15(18)20-14)9-10-8-11(16)3-4-12(10)17/h3-6,8,13,19H,2,7,9H2,1H3. The second kappa shape index (κ2) is 7.67. The Morgan fingerprint density at radius 2 is 1.95 bits per heavy atom. The van der Waals surface area contributed by atoms with Gasteiger partial charge in [-0.25, -0.2) is 0 Å². The first-order valence-corrected chi connectivity index (χ1v) is 8.47. The number of hydrogen-bond donors (Lipinski definition) is 1. The van der Waals surface area contributed by atoms with Crippen molar-refractivity contribution < 1.29 is 0 Å². The van der Waals surface area contributed by atoms with Crippen LogP contribution in [0.2, 0.25) is 14.4 Å². The Hall–Kier alpha value is -0.250. The molecule has 0 aliphatic rings. The molecule has 1 aromatic heterocycles. The summed E-state index contributed by atoms with van der Waals surface area (Å²) in [7, 11) is 0. The summed E-state index contributed by atoms with van der Waals surface area (Å²) < 4.78 is 0.806. The van der Waals surface area contributed by atoms with E-state index in [0.717, 1.165) is 34.3 Å². The molecule has 0 spiro atoms. The van der Waals surface area contributed by atoms with Crippen LogP contribution in [-0.2, 0) is 6.42 Å². The van der Waals surface area contributed by atoms with Crippen LogP contribution >= 0.6 is 46.1 Å². The lowest BCUT2D eigenvalue weighted by Gasteiger charge is -2.18. The minimum Gasteiger partial charge on any atom is -0.309 e. The van der Waals surface area contributed by atoms with E-state index >= 15 is 0 Å². The van der Waals surface area contributed by atoms with Crippen molar-refractivity contribution in [1.29, 1.82) is 0 Å². The molecule has 108 valence electrons. The summed E-state index contributed by atoms with van der Waals surface area (Å²) in [5, 5.41) is 5.01. The highest BCUT2D eigenvalue weighted by molar-refractivity contribution is 7.16. The molecular formula is C15H16Cl3NS. The van der Waals surface area contributed by atoms with E-state index in [1.165, 1.54) is 4.88 Å². The number of halogens is 3. The fraction of sp³-hybridized carbons (Fsp3) is 0.333. The van der Waals surface area contributed by atoms with Crippen LogP contribution in [0.15, 0.2) is 30.3 Å². The molecule has 2 aromatic rings. The zero-order chi connectivity index (χ0) is 14.5. The normalized spacial score (nSPS) is 12.6. The molecule has 1 N–H and O–H groups in total. The van der Waals surface area contributed by atoms with Crippen LogP contribution in [0, 0.1) is 0 Å². The molecule has 0 saturated carbocycles. The maximum absolute atomic E-state index is 6.26. The first-order chi connectivity index (χ1) is 9.60. The van der Waals surface area contributed by atoms with E-state index in [1.54, 1.807) is 11.3 Å². The highest BCUT2D eigenvalue weighted by Gasteiger charge is 2.15. The average molecular weight is 349 g/mol. The number of benzene rings is 1. The molecule has 1 atom stereocenters. The molecular weight excluding hydrogens is 333 g/mol. The molecule has 1 unspecified atom stereocenters. The lowest BCUT2D eigenvalue weighted by Crippen LogP contribution is -2.23. The summed E-state index contributed by atoms with van der Waals surface area (Å²) in [6.07, 6.45) is 1.88. The van der Waals surface area contributed by atoms with Gasteiger partial charge in [-0.2, -0.15) is 0 Å². The predicted molar refractivity (Wildman–Crippen MR) is 90.5 cm³/mol. The van der Waals surface area contributed by atoms with Gasteiger partial charge in [0.25, 0.3) is 0 Å². The maximum atomic E-state index is 6.26. The van der Waals surface area contributed by atoms with Crippen molar-refractivity contribution in [3.05, 3.63) is 55.2 Å². The largest absolute Gasteiger partial charge is 0.309 e. The van der Waals surface area contributed by atoms with Crippen molar-refractivity contribution in [2.45, 2.75) is 25.8 Å². The third-order valence-electron chi connectivity index (χ3n) is 3.01. The Morgan fingerprint density at radius 3 is 2.60 bits per heavy atom. The number of thiophene rings is 1. The van der Waals surface area contributed by atoms with E-state index in [4.69, 9.17) is 34.8 Å². The summed E-state index contributed by atoms with van der Waals surface area (Å²) in [5.41, 5.74) is 1.05. The van der Waals surface area contributed by atoms with Gasteiger partial charge in [-0.3, -0.25) is 0 Å². The van der Waals surface area contributed by atoms with E-state index in [-0.39, 0.29) is 6.04 Å². The Labute approximate surface area is 138 Å². The van der Waals surface area contributed by atoms with E-state index in [0.29, 0.717) is 5.02 Å². The summed E-state index contributed by atoms with van der Waals surface area (Å²) in [6, 6.07) is 9.80. The van der Waals surface area contributed by atoms with Crippen molar-refractivity contribution in [1.82, 2.24) is 5.32 Å². The summed E-state index contributed by atoms with van der Waals surface area (Å²) in [6.45, 7) is 3.11. The number of nitrogens with one attached hydrogen (secondary N) is 1.